The second kappa shape index (κ2) is 40.3. The maximum atomic E-state index is 10.3. The molecule has 5 heterocycles. The van der Waals surface area contributed by atoms with Crippen molar-refractivity contribution >= 4 is 24.0 Å². The first-order valence-corrected chi connectivity index (χ1v) is 41.4. The normalized spacial score (nSPS) is 25.2. The molecule has 3 N–H and O–H groups in total. The van der Waals surface area contributed by atoms with Crippen LogP contribution in [0, 0.1) is 57.3 Å². The molecule has 10 atom stereocenters. The standard InChI is InChI=1S/2C19H29NO2.C18H27NO3.2C17H25NO.HI/c2*1-4-9-20-10-5-6-16-11-17-15(12-18(16)20)8-7-14(2)19(17)22-13-21-3;1-3-8-19-9-4-5-14-10-15-13(11-16(14)19)6-7-17(20)18(15)22-12-21-2;2*1-3-8-18-9-4-5-14-10-15-13(11-16(14)18)7-6-12(2)17(15)19;/h2*7-8,16,18H,4-6,9-13H2,1-3H3;6-7,14,16,20H,3-5,8-12H2,1-2H3;2*6-7,14,16,19H,3-5,8-11H2,1-2H3;1H/t2*16-,18-;3*14-,16-;/m11111./s1. The van der Waals surface area contributed by atoms with E-state index in [9.17, 15) is 15.3 Å². The minimum Gasteiger partial charge on any atom is -0.507 e. The number of piperidine rings is 5. The van der Waals surface area contributed by atoms with Crippen molar-refractivity contribution < 1.29 is 43.7 Å². The van der Waals surface area contributed by atoms with Gasteiger partial charge in [-0.25, -0.2) is 0 Å². The van der Waals surface area contributed by atoms with Gasteiger partial charge in [-0.3, -0.25) is 24.5 Å². The first-order chi connectivity index (χ1) is 50.6. The fourth-order valence-electron chi connectivity index (χ4n) is 20.8. The molecule has 0 unspecified atom stereocenters. The van der Waals surface area contributed by atoms with E-state index in [0.717, 1.165) is 96.9 Å². The third-order valence-electron chi connectivity index (χ3n) is 25.8. The Bertz CT molecular complexity index is 3230. The molecule has 0 amide bonds. The molecule has 14 nitrogen and oxygen atoms in total. The summed E-state index contributed by atoms with van der Waals surface area (Å²) >= 11 is 0. The molecule has 0 radical (unpaired) electrons. The zero-order chi connectivity index (χ0) is 73.4. The zero-order valence-electron chi connectivity index (χ0n) is 66.9. The van der Waals surface area contributed by atoms with Crippen molar-refractivity contribution in [2.45, 2.75) is 253 Å². The molecule has 0 aromatic heterocycles. The van der Waals surface area contributed by atoms with Crippen LogP contribution in [-0.2, 0) is 78.4 Å². The summed E-state index contributed by atoms with van der Waals surface area (Å²) in [4.78, 5) is 13.5. The largest absolute Gasteiger partial charge is 0.507 e. The number of hydrogen-bond acceptors (Lipinski definition) is 14. The van der Waals surface area contributed by atoms with Gasteiger partial charge < -0.3 is 43.7 Å². The van der Waals surface area contributed by atoms with Crippen LogP contribution < -0.4 is 14.2 Å². The first-order valence-electron chi connectivity index (χ1n) is 41.4. The molecule has 15 heteroatoms. The molecule has 105 heavy (non-hydrogen) atoms. The maximum Gasteiger partial charge on any atom is 0.188 e. The monoisotopic (exact) mass is 1560 g/mol. The Kier molecular flexibility index (Phi) is 31.8. The van der Waals surface area contributed by atoms with E-state index in [-0.39, 0.29) is 36.5 Å². The Morgan fingerprint density at radius 1 is 0.314 bits per heavy atom. The van der Waals surface area contributed by atoms with Crippen LogP contribution in [0.3, 0.4) is 0 Å². The average molecular weight is 1560 g/mol. The molecule has 0 bridgehead atoms. The quantitative estimate of drug-likeness (QED) is 0.0535. The molecule has 582 valence electrons. The molecule has 15 rings (SSSR count). The van der Waals surface area contributed by atoms with Crippen LogP contribution in [0.4, 0.5) is 0 Å². The molecular formula is C90H136IN5O9. The number of nitrogens with zero attached hydrogens (tertiary/aromatic N) is 5. The highest BCUT2D eigenvalue weighted by Gasteiger charge is 2.42. The van der Waals surface area contributed by atoms with E-state index in [1.54, 1.807) is 27.4 Å². The zero-order valence-corrected chi connectivity index (χ0v) is 69.2. The van der Waals surface area contributed by atoms with E-state index in [2.05, 4.69) is 128 Å². The average Bonchev–Trinajstić information content (AvgIpc) is 0.810. The molecule has 5 aliphatic carbocycles. The first kappa shape index (κ1) is 82.8. The van der Waals surface area contributed by atoms with Gasteiger partial charge in [0.1, 0.15) is 23.0 Å². The van der Waals surface area contributed by atoms with Gasteiger partial charge in [-0.2, -0.15) is 0 Å². The van der Waals surface area contributed by atoms with Crippen LogP contribution in [0.2, 0.25) is 0 Å². The molecule has 5 fully saturated rings. The van der Waals surface area contributed by atoms with Gasteiger partial charge in [-0.1, -0.05) is 89.2 Å². The summed E-state index contributed by atoms with van der Waals surface area (Å²) in [5.41, 5.74) is 18.1. The van der Waals surface area contributed by atoms with Crippen molar-refractivity contribution in [2.24, 2.45) is 29.6 Å². The number of aromatic hydroxyl groups is 3. The predicted molar refractivity (Wildman–Crippen MR) is 438 cm³/mol. The topological polar surface area (TPSA) is 132 Å². The highest BCUT2D eigenvalue weighted by atomic mass is 127. The van der Waals surface area contributed by atoms with Gasteiger partial charge in [0.2, 0.25) is 0 Å². The lowest BCUT2D eigenvalue weighted by atomic mass is 9.74. The van der Waals surface area contributed by atoms with Crippen molar-refractivity contribution in [2.75, 3.05) is 107 Å². The Morgan fingerprint density at radius 3 is 0.829 bits per heavy atom. The van der Waals surface area contributed by atoms with Crippen LogP contribution in [-0.4, -0.2) is 177 Å². The minimum atomic E-state index is 0. The number of rotatable bonds is 19. The number of phenols is 3. The summed E-state index contributed by atoms with van der Waals surface area (Å²) in [5.74, 6) is 7.89. The summed E-state index contributed by atoms with van der Waals surface area (Å²) in [6.45, 7) is 33.0. The highest BCUT2D eigenvalue weighted by molar-refractivity contribution is 14.0. The number of ether oxygens (including phenoxy) is 6. The van der Waals surface area contributed by atoms with Crippen molar-refractivity contribution in [3.05, 3.63) is 139 Å². The van der Waals surface area contributed by atoms with Crippen LogP contribution in [0.25, 0.3) is 0 Å². The maximum absolute atomic E-state index is 10.3. The second-order valence-corrected chi connectivity index (χ2v) is 32.7. The van der Waals surface area contributed by atoms with E-state index in [1.165, 1.54) is 254 Å². The number of likely N-dealkylation sites (tertiary alicyclic amines) is 5. The second-order valence-electron chi connectivity index (χ2n) is 32.7. The number of aryl methyl sites for hydroxylation is 4. The number of fused-ring (bicyclic) bond motifs is 10. The van der Waals surface area contributed by atoms with Crippen LogP contribution >= 0.6 is 24.0 Å². The number of phenolic OH excluding ortho intramolecular Hbond substituents is 3. The van der Waals surface area contributed by atoms with E-state index < -0.39 is 0 Å². The summed E-state index contributed by atoms with van der Waals surface area (Å²) in [6, 6.07) is 25.0. The Labute approximate surface area is 651 Å². The fourth-order valence-corrected chi connectivity index (χ4v) is 20.8. The Morgan fingerprint density at radius 2 is 0.552 bits per heavy atom. The molecule has 5 aromatic rings. The van der Waals surface area contributed by atoms with Crippen LogP contribution in [0.1, 0.15) is 209 Å². The SMILES string of the molecule is CCCN1CCC[C@@H]2Cc3c(ccc(C)c3O)C[C@H]21.CCCN1CCC[C@@H]2Cc3c(ccc(C)c3O)C[C@H]21.CCCN1CCC[C@@H]2Cc3c(ccc(C)c3OCOC)C[C@H]21.CCCN1CCC[C@@H]2Cc3c(ccc(C)c3OCOC)C[C@H]21.CCCN1CCC[C@@H]2Cc3c(ccc(O)c3OCOC)C[C@H]21.I. The Balaban J connectivity index is 0.000000141. The smallest absolute Gasteiger partial charge is 0.188 e. The summed E-state index contributed by atoms with van der Waals surface area (Å²) < 4.78 is 32.7. The summed E-state index contributed by atoms with van der Waals surface area (Å²) in [5, 5.41) is 30.7. The molecule has 0 spiro atoms. The van der Waals surface area contributed by atoms with Crippen LogP contribution in [0.15, 0.2) is 60.7 Å². The molecular weight excluding hydrogens is 1420 g/mol. The van der Waals surface area contributed by atoms with Gasteiger partial charge in [0.05, 0.1) is 0 Å². The molecule has 10 aliphatic rings. The lowest BCUT2D eigenvalue weighted by Gasteiger charge is -2.45. The van der Waals surface area contributed by atoms with Gasteiger partial charge in [0, 0.05) is 57.1 Å². The molecule has 5 aromatic carbocycles. The Hall–Kier alpha value is -4.69. The fraction of sp³-hybridized carbons (Fsp3) is 0.667. The minimum absolute atomic E-state index is 0. The highest BCUT2D eigenvalue weighted by Crippen LogP contribution is 2.46. The lowest BCUT2D eigenvalue weighted by Crippen LogP contribution is -2.49. The summed E-state index contributed by atoms with van der Waals surface area (Å²) in [6.07, 6.45) is 30.7. The summed E-state index contributed by atoms with van der Waals surface area (Å²) in [7, 11) is 4.97. The van der Waals surface area contributed by atoms with Crippen LogP contribution in [0.5, 0.6) is 34.5 Å². The van der Waals surface area contributed by atoms with Crippen molar-refractivity contribution in [1.82, 2.24) is 24.5 Å². The van der Waals surface area contributed by atoms with Crippen molar-refractivity contribution in [3.8, 4) is 34.5 Å². The van der Waals surface area contributed by atoms with Gasteiger partial charge in [-0.15, -0.1) is 24.0 Å². The van der Waals surface area contributed by atoms with Gasteiger partial charge in [0.25, 0.3) is 0 Å². The van der Waals surface area contributed by atoms with E-state index >= 15 is 0 Å². The molecule has 5 saturated heterocycles. The van der Waals surface area contributed by atoms with Gasteiger partial charge in [0.15, 0.2) is 31.9 Å². The number of halogens is 1. The predicted octanol–water partition coefficient (Wildman–Crippen LogP) is 17.3. The van der Waals surface area contributed by atoms with E-state index in [4.69, 9.17) is 28.4 Å². The van der Waals surface area contributed by atoms with E-state index in [1.807, 2.05) is 13.8 Å². The number of methoxy groups -OCH3 is 3. The number of benzene rings is 5. The van der Waals surface area contributed by atoms with Gasteiger partial charge in [-0.05, 0) is 362 Å². The molecule has 5 aliphatic heterocycles. The van der Waals surface area contributed by atoms with Crippen molar-refractivity contribution in [3.63, 3.8) is 0 Å². The lowest BCUT2D eigenvalue weighted by molar-refractivity contribution is 0.0461. The number of hydrogen-bond donors (Lipinski definition) is 3. The van der Waals surface area contributed by atoms with Gasteiger partial charge >= 0.3 is 0 Å². The third kappa shape index (κ3) is 19.9. The third-order valence-corrected chi connectivity index (χ3v) is 25.8. The van der Waals surface area contributed by atoms with E-state index in [0.29, 0.717) is 54.9 Å². The van der Waals surface area contributed by atoms with Crippen molar-refractivity contribution in [1.29, 1.82) is 0 Å². The molecule has 0 saturated carbocycles.